The second kappa shape index (κ2) is 17.2. The standard InChI is InChI=1S/C28H60N6O4/c1-10-11-16-28(9,33-24(36)38-26(5,6)7)22-34(30)20-15-14-19-31-21-27(8,17-12-13-18-29)32-23(35)37-25(2,3)4/h31H,10-22,29-30H2,1-9H3,(H,32,35)(H,33,36)/i31+2. The van der Waals surface area contributed by atoms with Crippen molar-refractivity contribution in [3.05, 3.63) is 0 Å². The van der Waals surface area contributed by atoms with Crippen LogP contribution in [0, 0.1) is 0 Å². The highest BCUT2D eigenvalue weighted by Gasteiger charge is 2.30. The van der Waals surface area contributed by atoms with Crippen LogP contribution >= 0.6 is 0 Å². The first-order chi connectivity index (χ1) is 17.4. The van der Waals surface area contributed by atoms with Crippen LogP contribution in [0.5, 0.6) is 0 Å². The maximum Gasteiger partial charge on any atom is 0.408 e. The minimum Gasteiger partial charge on any atom is -0.444 e. The van der Waals surface area contributed by atoms with Crippen molar-refractivity contribution >= 4 is 12.2 Å². The van der Waals surface area contributed by atoms with Crippen LogP contribution in [0.3, 0.4) is 0 Å². The summed E-state index contributed by atoms with van der Waals surface area (Å²) in [4.78, 5) is 24.8. The summed E-state index contributed by atoms with van der Waals surface area (Å²) >= 11 is 0. The number of ether oxygens (including phenoxy) is 2. The first kappa shape index (κ1) is 36.4. The Morgan fingerprint density at radius 1 is 0.789 bits per heavy atom. The quantitative estimate of drug-likeness (QED) is 0.0965. The molecule has 0 aliphatic carbocycles. The number of nitrogens with two attached hydrogens (primary N) is 2. The van der Waals surface area contributed by atoms with Crippen molar-refractivity contribution in [1.82, 2.24) is 21.0 Å². The summed E-state index contributed by atoms with van der Waals surface area (Å²) in [6.45, 7) is 20.7. The summed E-state index contributed by atoms with van der Waals surface area (Å²) in [5.41, 5.74) is 3.68. The molecule has 0 aromatic carbocycles. The molecule has 0 fully saturated rings. The SMILES string of the molecule is CCCCC(C)(CN(N)CCCC[16NH]CC(C)(CCCCN)NC(=O)OC(C)(C)C)NC(=O)OC(C)(C)C. The number of hydrogen-bond acceptors (Lipinski definition) is 8. The number of hydrogen-bond donors (Lipinski definition) is 5. The van der Waals surface area contributed by atoms with E-state index >= 15 is 0 Å². The van der Waals surface area contributed by atoms with Gasteiger partial charge in [-0.2, -0.15) is 0 Å². The minimum absolute atomic E-state index is 0.403. The molecule has 2 unspecified atom stereocenters. The molecule has 0 bridgehead atoms. The normalized spacial score (nSPS) is 15.5. The fourth-order valence-electron chi connectivity index (χ4n) is 4.16. The number of carbonyl (C=O) groups is 2. The highest BCUT2D eigenvalue weighted by Crippen LogP contribution is 2.18. The largest absolute Gasteiger partial charge is 0.444 e. The third-order valence-corrected chi connectivity index (χ3v) is 5.99. The Kier molecular flexibility index (Phi) is 16.4. The van der Waals surface area contributed by atoms with Gasteiger partial charge in [-0.15, -0.1) is 0 Å². The lowest BCUT2D eigenvalue weighted by molar-refractivity contribution is 0.0419. The molecule has 10 nitrogen and oxygen atoms in total. The molecule has 0 aliphatic rings. The molecule has 0 saturated heterocycles. The average Bonchev–Trinajstić information content (AvgIpc) is 2.72. The number of nitrogens with zero attached hydrogens (tertiary/aromatic N) is 1. The number of hydrazine groups is 1. The smallest absolute Gasteiger partial charge is 0.408 e. The van der Waals surface area contributed by atoms with E-state index in [2.05, 4.69) is 22.9 Å². The summed E-state index contributed by atoms with van der Waals surface area (Å²) in [5.74, 6) is 6.34. The molecule has 2 amide bonds. The molecule has 0 spiro atoms. The topological polar surface area (TPSA) is 144 Å². The maximum atomic E-state index is 12.4. The molecule has 0 aliphatic heterocycles. The van der Waals surface area contributed by atoms with E-state index in [0.717, 1.165) is 57.9 Å². The molecule has 2 atom stereocenters. The van der Waals surface area contributed by atoms with Gasteiger partial charge >= 0.3 is 12.2 Å². The second-order valence-electron chi connectivity index (χ2n) is 13.1. The van der Waals surface area contributed by atoms with E-state index < -0.39 is 34.5 Å². The van der Waals surface area contributed by atoms with E-state index in [4.69, 9.17) is 21.1 Å². The van der Waals surface area contributed by atoms with Gasteiger partial charge < -0.3 is 31.2 Å². The van der Waals surface area contributed by atoms with E-state index in [9.17, 15) is 9.59 Å². The first-order valence-corrected chi connectivity index (χ1v) is 14.4. The lowest BCUT2D eigenvalue weighted by atomic mass is 9.94. The van der Waals surface area contributed by atoms with Crippen molar-refractivity contribution in [3.63, 3.8) is 0 Å². The predicted octanol–water partition coefficient (Wildman–Crippen LogP) is 4.42. The fraction of sp³-hybridized carbons (Fsp3) is 0.929. The van der Waals surface area contributed by atoms with Crippen molar-refractivity contribution in [3.8, 4) is 0 Å². The molecule has 0 aromatic heterocycles. The Balaban J connectivity index is 4.68. The van der Waals surface area contributed by atoms with Crippen LogP contribution in [0.15, 0.2) is 0 Å². The average molecular weight is 547 g/mol. The van der Waals surface area contributed by atoms with Crippen LogP contribution in [0.2, 0.25) is 0 Å². The zero-order valence-corrected chi connectivity index (χ0v) is 25.9. The lowest BCUT2D eigenvalue weighted by Gasteiger charge is -2.35. The van der Waals surface area contributed by atoms with E-state index in [1.165, 1.54) is 0 Å². The lowest BCUT2D eigenvalue weighted by Crippen LogP contribution is -2.56. The summed E-state index contributed by atoms with van der Waals surface area (Å²) in [5, 5.41) is 11.4. The Bertz CT molecular complexity index is 679. The fourth-order valence-corrected chi connectivity index (χ4v) is 4.16. The summed E-state index contributed by atoms with van der Waals surface area (Å²) < 4.78 is 10.9. The van der Waals surface area contributed by atoms with Crippen molar-refractivity contribution in [2.24, 2.45) is 11.6 Å². The van der Waals surface area contributed by atoms with Gasteiger partial charge in [0.15, 0.2) is 0 Å². The summed E-state index contributed by atoms with van der Waals surface area (Å²) in [7, 11) is 0. The highest BCUT2D eigenvalue weighted by molar-refractivity contribution is 5.69. The minimum atomic E-state index is -0.548. The number of carbonyl (C=O) groups excluding carboxylic acids is 2. The van der Waals surface area contributed by atoms with E-state index in [1.807, 2.05) is 55.4 Å². The molecular formula is C28H60N6O4. The highest BCUT2D eigenvalue weighted by atomic mass is 16.6. The van der Waals surface area contributed by atoms with Crippen molar-refractivity contribution in [2.75, 3.05) is 32.7 Å². The van der Waals surface area contributed by atoms with Gasteiger partial charge in [0.05, 0.1) is 11.1 Å². The number of nitrogens with one attached hydrogen (secondary N) is 3. The first-order valence-electron chi connectivity index (χ1n) is 14.4. The van der Waals surface area contributed by atoms with Crippen LogP contribution in [0.4, 0.5) is 9.59 Å². The van der Waals surface area contributed by atoms with Crippen LogP contribution < -0.4 is 27.5 Å². The maximum absolute atomic E-state index is 12.4. The van der Waals surface area contributed by atoms with Gasteiger partial charge in [-0.05, 0) is 107 Å². The zero-order chi connectivity index (χ0) is 29.5. The van der Waals surface area contributed by atoms with E-state index in [-0.39, 0.29) is 0 Å². The molecule has 226 valence electrons. The number of rotatable bonds is 18. The second-order valence-corrected chi connectivity index (χ2v) is 13.1. The number of amides is 2. The van der Waals surface area contributed by atoms with Crippen LogP contribution in [-0.4, -0.2) is 72.2 Å². The van der Waals surface area contributed by atoms with Gasteiger partial charge in [0.25, 0.3) is 0 Å². The van der Waals surface area contributed by atoms with Crippen LogP contribution in [-0.2, 0) is 9.47 Å². The Labute approximate surface area is 232 Å². The van der Waals surface area contributed by atoms with Gasteiger partial charge in [-0.25, -0.2) is 14.6 Å². The van der Waals surface area contributed by atoms with Gasteiger partial charge in [-0.3, -0.25) is 5.84 Å². The van der Waals surface area contributed by atoms with E-state index in [1.54, 1.807) is 5.01 Å². The van der Waals surface area contributed by atoms with Crippen molar-refractivity contribution in [2.45, 2.75) is 136 Å². The molecule has 0 rings (SSSR count). The third-order valence-electron chi connectivity index (χ3n) is 5.99. The molecule has 0 aromatic rings. The molecule has 38 heavy (non-hydrogen) atoms. The molecule has 7 N–H and O–H groups in total. The van der Waals surface area contributed by atoms with Gasteiger partial charge in [0.2, 0.25) is 0 Å². The summed E-state index contributed by atoms with van der Waals surface area (Å²) in [6, 6.07) is 0. The Hall–Kier alpha value is -1.62. The third kappa shape index (κ3) is 19.4. The molecule has 10 heteroatoms. The van der Waals surface area contributed by atoms with Gasteiger partial charge in [0, 0.05) is 19.6 Å². The van der Waals surface area contributed by atoms with Gasteiger partial charge in [0.1, 0.15) is 11.2 Å². The molecule has 0 radical (unpaired) electrons. The summed E-state index contributed by atoms with van der Waals surface area (Å²) in [6.07, 6.45) is 6.54. The Morgan fingerprint density at radius 3 is 1.82 bits per heavy atom. The van der Waals surface area contributed by atoms with Crippen LogP contribution in [0.25, 0.3) is 0 Å². The van der Waals surface area contributed by atoms with E-state index in [0.29, 0.717) is 26.2 Å². The molecular weight excluding hydrogens is 486 g/mol. The number of unbranched alkanes of at least 4 members (excludes halogenated alkanes) is 3. The molecule has 0 heterocycles. The molecule has 0 saturated carbocycles. The predicted molar refractivity (Wildman–Crippen MR) is 156 cm³/mol. The van der Waals surface area contributed by atoms with Crippen LogP contribution in [0.1, 0.15) is 114 Å². The van der Waals surface area contributed by atoms with Crippen molar-refractivity contribution in [1.29, 1.82) is 0 Å². The Morgan fingerprint density at radius 2 is 1.32 bits per heavy atom. The monoisotopic (exact) mass is 546 g/mol. The van der Waals surface area contributed by atoms with Gasteiger partial charge in [-0.1, -0.05) is 19.8 Å². The van der Waals surface area contributed by atoms with Crippen molar-refractivity contribution < 1.29 is 19.1 Å². The number of alkyl carbamates (subject to hydrolysis) is 2. The zero-order valence-electron chi connectivity index (χ0n) is 25.9.